The zero-order chi connectivity index (χ0) is 37.0. The molecule has 0 fully saturated rings. The first-order chi connectivity index (χ1) is 26.4. The van der Waals surface area contributed by atoms with Crippen LogP contribution in [0.4, 0.5) is 0 Å². The van der Waals surface area contributed by atoms with Crippen molar-refractivity contribution >= 4 is 21.7 Å². The molecule has 4 aromatic heterocycles. The Bertz CT molecular complexity index is 2710. The van der Waals surface area contributed by atoms with E-state index >= 15 is 0 Å². The molecule has 0 amide bonds. The molecule has 4 nitrogen and oxygen atoms in total. The molecule has 55 heavy (non-hydrogen) atoms. The first-order valence-corrected chi connectivity index (χ1v) is 18.1. The number of aryl methyl sites for hydroxylation is 3. The summed E-state index contributed by atoms with van der Waals surface area (Å²) in [7, 11) is 0. The maximum atomic E-state index is 4.79. The van der Waals surface area contributed by atoms with Crippen LogP contribution in [0.25, 0.3) is 77.6 Å². The molecule has 0 saturated carbocycles. The van der Waals surface area contributed by atoms with Crippen molar-refractivity contribution in [1.82, 2.24) is 19.9 Å². The molecule has 0 aliphatic heterocycles. The van der Waals surface area contributed by atoms with E-state index < -0.39 is 0 Å². The zero-order valence-electron chi connectivity index (χ0n) is 31.1. The quantitative estimate of drug-likeness (QED) is 0.128. The van der Waals surface area contributed by atoms with Crippen LogP contribution in [0.15, 0.2) is 158 Å². The number of hydrogen-bond acceptors (Lipinski definition) is 4. The summed E-state index contributed by atoms with van der Waals surface area (Å²) in [5, 5.41) is 3.59. The van der Waals surface area contributed by atoms with E-state index in [2.05, 4.69) is 122 Å². The molecule has 0 aliphatic carbocycles. The Kier molecular flexibility index (Phi) is 11.1. The molecule has 0 saturated heterocycles. The number of rotatable bonds is 5. The van der Waals surface area contributed by atoms with Crippen molar-refractivity contribution in [2.45, 2.75) is 27.7 Å². The summed E-state index contributed by atoms with van der Waals surface area (Å²) < 4.78 is 0. The predicted molar refractivity (Wildman–Crippen MR) is 223 cm³/mol. The molecule has 0 atom stereocenters. The van der Waals surface area contributed by atoms with Crippen LogP contribution >= 0.6 is 0 Å². The molecule has 4 heterocycles. The second-order valence-electron chi connectivity index (χ2n) is 13.6. The van der Waals surface area contributed by atoms with Crippen molar-refractivity contribution in [2.75, 3.05) is 0 Å². The van der Waals surface area contributed by atoms with Crippen LogP contribution < -0.4 is 0 Å². The summed E-state index contributed by atoms with van der Waals surface area (Å²) in [5.41, 5.74) is 17.1. The number of benzene rings is 5. The first-order valence-electron chi connectivity index (χ1n) is 18.1. The summed E-state index contributed by atoms with van der Waals surface area (Å²) >= 11 is 0. The van der Waals surface area contributed by atoms with Gasteiger partial charge in [0.05, 0.1) is 5.52 Å². The summed E-state index contributed by atoms with van der Waals surface area (Å²) in [5.74, 6) is 0. The van der Waals surface area contributed by atoms with E-state index in [1.807, 2.05) is 85.5 Å². The molecule has 0 aliphatic rings. The number of nitrogens with zero attached hydrogens (tertiary/aromatic N) is 4. The van der Waals surface area contributed by atoms with Gasteiger partial charge in [0.25, 0.3) is 0 Å². The minimum Gasteiger partial charge on any atom is -0.305 e. The minimum atomic E-state index is 0. The molecule has 1 radical (unpaired) electrons. The van der Waals surface area contributed by atoms with Crippen LogP contribution in [-0.2, 0) is 20.1 Å². The molecule has 0 N–H and O–H groups in total. The zero-order valence-corrected chi connectivity index (χ0v) is 33.5. The normalized spacial score (nSPS) is 10.8. The van der Waals surface area contributed by atoms with Crippen molar-refractivity contribution in [3.8, 4) is 55.9 Å². The predicted octanol–water partition coefficient (Wildman–Crippen LogP) is 12.4. The van der Waals surface area contributed by atoms with Gasteiger partial charge in [0.1, 0.15) is 0 Å². The third-order valence-corrected chi connectivity index (χ3v) is 9.91. The van der Waals surface area contributed by atoms with E-state index in [4.69, 9.17) is 4.98 Å². The van der Waals surface area contributed by atoms with E-state index in [1.54, 1.807) is 6.20 Å². The molecule has 5 heteroatoms. The molecular weight excluding hydrogens is 849 g/mol. The van der Waals surface area contributed by atoms with Gasteiger partial charge in [-0.15, -0.1) is 71.3 Å². The van der Waals surface area contributed by atoms with Gasteiger partial charge in [0, 0.05) is 56.5 Å². The van der Waals surface area contributed by atoms with E-state index in [1.165, 1.54) is 60.8 Å². The Morgan fingerprint density at radius 3 is 2.02 bits per heavy atom. The van der Waals surface area contributed by atoms with Crippen LogP contribution in [0.5, 0.6) is 0 Å². The molecule has 0 unspecified atom stereocenters. The van der Waals surface area contributed by atoms with Crippen LogP contribution in [0.2, 0.25) is 0 Å². The maximum Gasteiger partial charge on any atom is 0.0714 e. The van der Waals surface area contributed by atoms with E-state index in [0.717, 1.165) is 39.0 Å². The fraction of sp³-hybridized carbons (Fsp3) is 0.0800. The fourth-order valence-electron chi connectivity index (χ4n) is 7.48. The molecule has 0 bridgehead atoms. The third-order valence-electron chi connectivity index (χ3n) is 9.91. The number of aromatic nitrogens is 4. The number of pyridine rings is 4. The van der Waals surface area contributed by atoms with Gasteiger partial charge in [-0.1, -0.05) is 48.0 Å². The third kappa shape index (κ3) is 7.77. The summed E-state index contributed by atoms with van der Waals surface area (Å²) in [4.78, 5) is 17.9. The van der Waals surface area contributed by atoms with Crippen molar-refractivity contribution in [1.29, 1.82) is 0 Å². The van der Waals surface area contributed by atoms with Crippen LogP contribution in [0.1, 0.15) is 22.3 Å². The SMILES string of the molecule is Cc1ccnc(-c2[c-]ccc(-c3c(C)cc(C)c(-c4cc5ncccc5c5ccc(-c6ccncc6)cc45)c3C)c2)c1.[Ir].[c-]1ccccc1-c1ccccn1. The first kappa shape index (κ1) is 37.2. The van der Waals surface area contributed by atoms with Crippen molar-refractivity contribution in [3.63, 3.8) is 0 Å². The Morgan fingerprint density at radius 2 is 1.24 bits per heavy atom. The van der Waals surface area contributed by atoms with Crippen LogP contribution in [0, 0.1) is 39.8 Å². The molecule has 5 aromatic carbocycles. The van der Waals surface area contributed by atoms with Crippen molar-refractivity contribution in [3.05, 3.63) is 193 Å². The van der Waals surface area contributed by atoms with Crippen molar-refractivity contribution in [2.24, 2.45) is 0 Å². The molecule has 9 rings (SSSR count). The van der Waals surface area contributed by atoms with Crippen LogP contribution in [0.3, 0.4) is 0 Å². The monoisotopic (exact) mass is 887 g/mol. The van der Waals surface area contributed by atoms with E-state index in [-0.39, 0.29) is 20.1 Å². The average molecular weight is 887 g/mol. The largest absolute Gasteiger partial charge is 0.305 e. The summed E-state index contributed by atoms with van der Waals surface area (Å²) in [6.07, 6.45) is 9.23. The minimum absolute atomic E-state index is 0. The Hall–Kier alpha value is -6.13. The molecular formula is C50H38IrN4-2. The topological polar surface area (TPSA) is 51.6 Å². The molecule has 9 aromatic rings. The smallest absolute Gasteiger partial charge is 0.0714 e. The van der Waals surface area contributed by atoms with Gasteiger partial charge in [-0.25, -0.2) is 0 Å². The van der Waals surface area contributed by atoms with Crippen LogP contribution in [-0.4, -0.2) is 19.9 Å². The van der Waals surface area contributed by atoms with Crippen molar-refractivity contribution < 1.29 is 20.1 Å². The Morgan fingerprint density at radius 1 is 0.455 bits per heavy atom. The standard InChI is InChI=1S/C39H30N3.C11H8N.Ir/c1-24-12-18-42-36(19-24)30-7-5-8-31(21-30)38-25(2)20-26(3)39(27(38)4)35-23-37-33(9-6-15-41-37)32-11-10-29(22-34(32)35)28-13-16-40-17-14-28;1-2-6-10(7-3-1)11-8-4-5-9-12-11;/h5-6,8-23H,1-4H3;1-6,8-9H;/q2*-1;. The fourth-order valence-corrected chi connectivity index (χ4v) is 7.48. The Balaban J connectivity index is 0.000000305. The maximum absolute atomic E-state index is 4.79. The van der Waals surface area contributed by atoms with Gasteiger partial charge in [0.15, 0.2) is 0 Å². The number of hydrogen-bond donors (Lipinski definition) is 0. The second-order valence-corrected chi connectivity index (χ2v) is 13.6. The summed E-state index contributed by atoms with van der Waals surface area (Å²) in [6, 6.07) is 50.4. The Labute approximate surface area is 336 Å². The van der Waals surface area contributed by atoms with E-state index in [9.17, 15) is 0 Å². The van der Waals surface area contributed by atoms with Gasteiger partial charge >= 0.3 is 0 Å². The summed E-state index contributed by atoms with van der Waals surface area (Å²) in [6.45, 7) is 8.79. The van der Waals surface area contributed by atoms with Gasteiger partial charge in [0.2, 0.25) is 0 Å². The van der Waals surface area contributed by atoms with Gasteiger partial charge < -0.3 is 9.97 Å². The van der Waals surface area contributed by atoms with Gasteiger partial charge in [-0.05, 0) is 137 Å². The van der Waals surface area contributed by atoms with Gasteiger partial charge in [-0.3, -0.25) is 9.97 Å². The van der Waals surface area contributed by atoms with E-state index in [0.29, 0.717) is 0 Å². The molecule has 269 valence electrons. The average Bonchev–Trinajstić information content (AvgIpc) is 3.22. The molecule has 0 spiro atoms. The number of fused-ring (bicyclic) bond motifs is 3. The van der Waals surface area contributed by atoms with Gasteiger partial charge in [-0.2, -0.15) is 0 Å². The second kappa shape index (κ2) is 16.5.